The van der Waals surface area contributed by atoms with Crippen molar-refractivity contribution >= 4 is 39.2 Å². The van der Waals surface area contributed by atoms with Crippen molar-refractivity contribution in [1.82, 2.24) is 9.55 Å². The van der Waals surface area contributed by atoms with Crippen molar-refractivity contribution < 1.29 is 19.7 Å². The predicted molar refractivity (Wildman–Crippen MR) is 135 cm³/mol. The highest BCUT2D eigenvalue weighted by Crippen LogP contribution is 2.35. The summed E-state index contributed by atoms with van der Waals surface area (Å²) >= 11 is 5.09. The topological polar surface area (TPSA) is 151 Å². The van der Waals surface area contributed by atoms with Crippen LogP contribution in [0.3, 0.4) is 0 Å². The van der Waals surface area contributed by atoms with Crippen molar-refractivity contribution in [2.75, 3.05) is 29.9 Å². The number of nitrogens with zero attached hydrogens (tertiary/aromatic N) is 4. The fourth-order valence-electron chi connectivity index (χ4n) is 3.46. The van der Waals surface area contributed by atoms with Crippen molar-refractivity contribution in [2.24, 2.45) is 10.7 Å². The van der Waals surface area contributed by atoms with E-state index in [2.05, 4.69) is 31.2 Å². The van der Waals surface area contributed by atoms with Crippen LogP contribution in [0.1, 0.15) is 31.7 Å². The van der Waals surface area contributed by atoms with E-state index in [4.69, 9.17) is 20.5 Å². The summed E-state index contributed by atoms with van der Waals surface area (Å²) in [5, 5.41) is 33.6. The number of anilines is 1. The molecule has 2 heterocycles. The van der Waals surface area contributed by atoms with Gasteiger partial charge in [-0.15, -0.1) is 5.26 Å². The van der Waals surface area contributed by atoms with E-state index in [1.54, 1.807) is 18.0 Å². The Labute approximate surface area is 211 Å². The van der Waals surface area contributed by atoms with Crippen LogP contribution in [0.15, 0.2) is 40.1 Å². The van der Waals surface area contributed by atoms with Crippen molar-refractivity contribution in [3.05, 3.63) is 40.8 Å². The Morgan fingerprint density at radius 2 is 2.26 bits per heavy atom. The molecule has 1 aliphatic rings. The van der Waals surface area contributed by atoms with Crippen molar-refractivity contribution in [1.29, 1.82) is 5.26 Å². The normalized spacial score (nSPS) is 22.5. The molecule has 4 atom stereocenters. The zero-order valence-corrected chi connectivity index (χ0v) is 21.2. The first kappa shape index (κ1) is 26.3. The van der Waals surface area contributed by atoms with Gasteiger partial charge in [0.25, 0.3) is 6.26 Å². The Balaban J connectivity index is 1.54. The number of nitrogens with two attached hydrogens (primary N) is 1. The molecule has 4 unspecified atom stereocenters. The molecule has 2 aromatic rings. The molecule has 3 rings (SSSR count). The molecular weight excluding hydrogens is 524 g/mol. The monoisotopic (exact) mass is 552 g/mol. The number of thioether (sulfide) groups is 1. The Morgan fingerprint density at radius 3 is 3.00 bits per heavy atom. The molecular formula is C22H29BrN6O4S. The first-order valence-corrected chi connectivity index (χ1v) is 12.9. The number of benzene rings is 1. The summed E-state index contributed by atoms with van der Waals surface area (Å²) in [4.78, 5) is 8.39. The maximum Gasteiger partial charge on any atom is 0.293 e. The second-order valence-electron chi connectivity index (χ2n) is 7.68. The molecule has 1 saturated heterocycles. The number of aliphatic imine (C=N–C) groups is 1. The number of aliphatic hydroxyl groups excluding tert-OH is 2. The Kier molecular flexibility index (Phi) is 10.0. The molecule has 12 heteroatoms. The van der Waals surface area contributed by atoms with Crippen LogP contribution in [0, 0.1) is 11.5 Å². The second-order valence-corrected chi connectivity index (χ2v) is 9.74. The summed E-state index contributed by atoms with van der Waals surface area (Å²) in [7, 11) is 0. The standard InChI is InChI=1S/C22H29BrN6O4S/c1-2-7-27-20(25)17-21(32-12-24)29(13-28-17)22-19(31)18(30)16(33-22)11-34-9-4-8-26-15-6-3-5-14(23)10-15/h3,5-6,10,13,16,18-19,22,26,30-31H,2,4,7-9,11H2,1H3,(H2,25,27). The lowest BCUT2D eigenvalue weighted by molar-refractivity contribution is -0.0338. The number of hydrogen-bond acceptors (Lipinski definition) is 9. The van der Waals surface area contributed by atoms with Gasteiger partial charge in [0.05, 0.1) is 6.10 Å². The number of halogens is 1. The van der Waals surface area contributed by atoms with Crippen LogP contribution in [0.5, 0.6) is 5.88 Å². The minimum Gasteiger partial charge on any atom is -0.387 e. The van der Waals surface area contributed by atoms with Gasteiger partial charge in [-0.25, -0.2) is 4.98 Å². The molecule has 184 valence electrons. The third-order valence-electron chi connectivity index (χ3n) is 5.15. The lowest BCUT2D eigenvalue weighted by Crippen LogP contribution is -2.32. The summed E-state index contributed by atoms with van der Waals surface area (Å²) in [6.45, 7) is 3.28. The van der Waals surface area contributed by atoms with Gasteiger partial charge in [0, 0.05) is 29.0 Å². The molecule has 10 nitrogen and oxygen atoms in total. The smallest absolute Gasteiger partial charge is 0.293 e. The molecule has 1 fully saturated rings. The second kappa shape index (κ2) is 13.0. The Morgan fingerprint density at radius 1 is 1.44 bits per heavy atom. The van der Waals surface area contributed by atoms with Crippen molar-refractivity contribution in [2.45, 2.75) is 44.3 Å². The molecule has 0 bridgehead atoms. The lowest BCUT2D eigenvalue weighted by Gasteiger charge is -2.17. The van der Waals surface area contributed by atoms with E-state index in [1.165, 1.54) is 10.9 Å². The van der Waals surface area contributed by atoms with Gasteiger partial charge < -0.3 is 30.7 Å². The lowest BCUT2D eigenvalue weighted by atomic mass is 10.1. The van der Waals surface area contributed by atoms with E-state index < -0.39 is 24.5 Å². The van der Waals surface area contributed by atoms with E-state index in [0.717, 1.165) is 35.3 Å². The molecule has 34 heavy (non-hydrogen) atoms. The predicted octanol–water partition coefficient (Wildman–Crippen LogP) is 2.48. The molecule has 1 aromatic heterocycles. The zero-order valence-electron chi connectivity index (χ0n) is 18.8. The number of hydrogen-bond donors (Lipinski definition) is 4. The number of rotatable bonds is 12. The minimum absolute atomic E-state index is 0.0167. The third-order valence-corrected chi connectivity index (χ3v) is 6.79. The third kappa shape index (κ3) is 6.64. The number of ether oxygens (including phenoxy) is 2. The SMILES string of the molecule is CCCN=C(N)c1ncn(C2OC(CSCCCNc3cccc(Br)c3)C(O)C2O)c1OC#N. The highest BCUT2D eigenvalue weighted by atomic mass is 79.9. The molecule has 0 radical (unpaired) electrons. The number of nitrogens with one attached hydrogen (secondary N) is 1. The van der Waals surface area contributed by atoms with Gasteiger partial charge in [-0.3, -0.25) is 9.56 Å². The summed E-state index contributed by atoms with van der Waals surface area (Å²) in [6.07, 6.45) is 0.817. The van der Waals surface area contributed by atoms with E-state index in [0.29, 0.717) is 12.3 Å². The molecule has 0 spiro atoms. The first-order valence-electron chi connectivity index (χ1n) is 11.0. The average Bonchev–Trinajstić information content (AvgIpc) is 3.36. The molecule has 1 aliphatic heterocycles. The van der Waals surface area contributed by atoms with Crippen molar-refractivity contribution in [3.8, 4) is 12.1 Å². The summed E-state index contributed by atoms with van der Waals surface area (Å²) in [6, 6.07) is 7.98. The number of aromatic nitrogens is 2. The van der Waals surface area contributed by atoms with Crippen LogP contribution in [-0.4, -0.2) is 68.5 Å². The summed E-state index contributed by atoms with van der Waals surface area (Å²) in [5.41, 5.74) is 7.23. The summed E-state index contributed by atoms with van der Waals surface area (Å²) in [5.74, 6) is 1.50. The van der Waals surface area contributed by atoms with Crippen molar-refractivity contribution in [3.63, 3.8) is 0 Å². The molecule has 1 aromatic carbocycles. The molecule has 5 N–H and O–H groups in total. The fraction of sp³-hybridized carbons (Fsp3) is 0.500. The number of imidazole rings is 1. The van der Waals surface area contributed by atoms with Crippen LogP contribution in [0.2, 0.25) is 0 Å². The Hall–Kier alpha value is -2.30. The zero-order chi connectivity index (χ0) is 24.5. The van der Waals surface area contributed by atoms with E-state index >= 15 is 0 Å². The first-order chi connectivity index (χ1) is 16.5. The number of nitriles is 1. The highest BCUT2D eigenvalue weighted by Gasteiger charge is 2.44. The highest BCUT2D eigenvalue weighted by molar-refractivity contribution is 9.10. The van der Waals surface area contributed by atoms with Gasteiger partial charge >= 0.3 is 0 Å². The van der Waals surface area contributed by atoms with Gasteiger partial charge in [-0.05, 0) is 36.8 Å². The van der Waals surface area contributed by atoms with Gasteiger partial charge in [-0.2, -0.15) is 11.8 Å². The Bertz CT molecular complexity index is 1010. The van der Waals surface area contributed by atoms with Crippen LogP contribution < -0.4 is 15.8 Å². The van der Waals surface area contributed by atoms with Gasteiger partial charge in [-0.1, -0.05) is 28.9 Å². The van der Waals surface area contributed by atoms with E-state index in [1.807, 2.05) is 31.2 Å². The fourth-order valence-corrected chi connectivity index (χ4v) is 4.88. The van der Waals surface area contributed by atoms with Crippen LogP contribution in [-0.2, 0) is 4.74 Å². The number of amidine groups is 1. The van der Waals surface area contributed by atoms with Crippen LogP contribution >= 0.6 is 27.7 Å². The maximum absolute atomic E-state index is 10.6. The van der Waals surface area contributed by atoms with Crippen LogP contribution in [0.4, 0.5) is 5.69 Å². The van der Waals surface area contributed by atoms with Gasteiger partial charge in [0.2, 0.25) is 5.88 Å². The summed E-state index contributed by atoms with van der Waals surface area (Å²) < 4.78 is 13.4. The van der Waals surface area contributed by atoms with Gasteiger partial charge in [0.15, 0.2) is 11.9 Å². The van der Waals surface area contributed by atoms with Crippen LogP contribution in [0.25, 0.3) is 0 Å². The van der Waals surface area contributed by atoms with E-state index in [9.17, 15) is 10.2 Å². The molecule has 0 saturated carbocycles. The van der Waals surface area contributed by atoms with E-state index in [-0.39, 0.29) is 17.4 Å². The number of aliphatic hydroxyl groups is 2. The molecule has 0 amide bonds. The average molecular weight is 553 g/mol. The largest absolute Gasteiger partial charge is 0.387 e. The molecule has 0 aliphatic carbocycles. The minimum atomic E-state index is -1.22. The van der Waals surface area contributed by atoms with Gasteiger partial charge in [0.1, 0.15) is 24.4 Å². The quantitative estimate of drug-likeness (QED) is 0.135. The maximum atomic E-state index is 10.6.